The maximum atomic E-state index is 12.2. The molecule has 0 spiro atoms. The minimum atomic E-state index is -3.63. The number of rotatable bonds is 4. The molecule has 8 heteroatoms. The number of nitrogens with one attached hydrogen (secondary N) is 1. The van der Waals surface area contributed by atoms with E-state index in [0.717, 1.165) is 25.7 Å². The van der Waals surface area contributed by atoms with Gasteiger partial charge in [-0.25, -0.2) is 18.1 Å². The van der Waals surface area contributed by atoms with Gasteiger partial charge in [0.2, 0.25) is 5.28 Å². The van der Waals surface area contributed by atoms with Crippen LogP contribution >= 0.6 is 11.6 Å². The van der Waals surface area contributed by atoms with Crippen LogP contribution in [-0.4, -0.2) is 30.6 Å². The molecular formula is C11H19ClN4O2S. The Morgan fingerprint density at radius 2 is 2.21 bits per heavy atom. The van der Waals surface area contributed by atoms with Gasteiger partial charge in [0, 0.05) is 19.3 Å². The van der Waals surface area contributed by atoms with Crippen molar-refractivity contribution < 1.29 is 8.42 Å². The normalized spacial score (nSPS) is 24.6. The smallest absolute Gasteiger partial charge is 0.259 e. The lowest BCUT2D eigenvalue weighted by atomic mass is 9.85. The number of aromatic nitrogens is 2. The first-order valence-electron chi connectivity index (χ1n) is 6.35. The lowest BCUT2D eigenvalue weighted by molar-refractivity contribution is 0.296. The molecule has 0 unspecified atom stereocenters. The Labute approximate surface area is 118 Å². The van der Waals surface area contributed by atoms with Crippen molar-refractivity contribution in [2.75, 3.05) is 6.54 Å². The largest absolute Gasteiger partial charge is 0.330 e. The quantitative estimate of drug-likeness (QED) is 0.863. The second-order valence-electron chi connectivity index (χ2n) is 4.97. The van der Waals surface area contributed by atoms with E-state index in [1.54, 1.807) is 7.05 Å². The summed E-state index contributed by atoms with van der Waals surface area (Å²) < 4.78 is 28.7. The number of hydrogen-bond acceptors (Lipinski definition) is 4. The number of aryl methyl sites for hydroxylation is 1. The first-order chi connectivity index (χ1) is 8.94. The van der Waals surface area contributed by atoms with Gasteiger partial charge in [0.05, 0.1) is 0 Å². The molecule has 1 aliphatic rings. The molecule has 1 aromatic rings. The van der Waals surface area contributed by atoms with Gasteiger partial charge in [-0.15, -0.1) is 0 Å². The molecule has 0 aromatic carbocycles. The third-order valence-corrected chi connectivity index (χ3v) is 5.30. The highest BCUT2D eigenvalue weighted by Crippen LogP contribution is 2.25. The summed E-state index contributed by atoms with van der Waals surface area (Å²) >= 11 is 5.77. The van der Waals surface area contributed by atoms with Gasteiger partial charge < -0.3 is 10.3 Å². The van der Waals surface area contributed by atoms with Crippen LogP contribution in [0.25, 0.3) is 0 Å². The molecule has 2 rings (SSSR count). The second-order valence-corrected chi connectivity index (χ2v) is 6.97. The van der Waals surface area contributed by atoms with E-state index in [-0.39, 0.29) is 22.3 Å². The topological polar surface area (TPSA) is 90.0 Å². The molecule has 1 saturated carbocycles. The summed E-state index contributed by atoms with van der Waals surface area (Å²) in [6, 6.07) is -0.107. The molecular weight excluding hydrogens is 288 g/mol. The zero-order valence-corrected chi connectivity index (χ0v) is 12.4. The van der Waals surface area contributed by atoms with Crippen molar-refractivity contribution in [1.29, 1.82) is 0 Å². The predicted molar refractivity (Wildman–Crippen MR) is 73.3 cm³/mol. The van der Waals surface area contributed by atoms with E-state index in [2.05, 4.69) is 9.71 Å². The molecule has 108 valence electrons. The SMILES string of the molecule is Cn1cc(S(=O)(=O)N[C@@H]2CCCC[C@@H]2CN)nc1Cl. The van der Waals surface area contributed by atoms with Gasteiger partial charge in [-0.05, 0) is 36.9 Å². The molecule has 3 N–H and O–H groups in total. The highest BCUT2D eigenvalue weighted by molar-refractivity contribution is 7.89. The fraction of sp³-hybridized carbons (Fsp3) is 0.727. The first-order valence-corrected chi connectivity index (χ1v) is 8.21. The lowest BCUT2D eigenvalue weighted by Crippen LogP contribution is -2.44. The Balaban J connectivity index is 2.16. The van der Waals surface area contributed by atoms with Gasteiger partial charge in [-0.2, -0.15) is 0 Å². The summed E-state index contributed by atoms with van der Waals surface area (Å²) in [5.74, 6) is 0.197. The summed E-state index contributed by atoms with van der Waals surface area (Å²) in [6.45, 7) is 0.496. The van der Waals surface area contributed by atoms with Crippen LogP contribution in [0.5, 0.6) is 0 Å². The third kappa shape index (κ3) is 3.28. The molecule has 0 amide bonds. The molecule has 19 heavy (non-hydrogen) atoms. The van der Waals surface area contributed by atoms with Crippen LogP contribution in [0, 0.1) is 5.92 Å². The van der Waals surface area contributed by atoms with Crippen molar-refractivity contribution in [1.82, 2.24) is 14.3 Å². The fourth-order valence-corrected chi connectivity index (χ4v) is 3.97. The van der Waals surface area contributed by atoms with Crippen molar-refractivity contribution in [2.24, 2.45) is 18.7 Å². The molecule has 1 heterocycles. The molecule has 2 atom stereocenters. The number of imidazole rings is 1. The van der Waals surface area contributed by atoms with Gasteiger partial charge >= 0.3 is 0 Å². The molecule has 1 aliphatic carbocycles. The van der Waals surface area contributed by atoms with Gasteiger partial charge in [0.25, 0.3) is 10.0 Å². The van der Waals surface area contributed by atoms with Crippen LogP contribution in [0.4, 0.5) is 0 Å². The highest BCUT2D eigenvalue weighted by atomic mass is 35.5. The maximum absolute atomic E-state index is 12.2. The van der Waals surface area contributed by atoms with E-state index in [1.165, 1.54) is 10.8 Å². The van der Waals surface area contributed by atoms with Crippen LogP contribution < -0.4 is 10.5 Å². The van der Waals surface area contributed by atoms with Crippen LogP contribution in [0.1, 0.15) is 25.7 Å². The first kappa shape index (κ1) is 14.8. The van der Waals surface area contributed by atoms with Crippen molar-refractivity contribution >= 4 is 21.6 Å². The van der Waals surface area contributed by atoms with Crippen molar-refractivity contribution in [2.45, 2.75) is 36.8 Å². The van der Waals surface area contributed by atoms with Crippen molar-refractivity contribution in [3.05, 3.63) is 11.5 Å². The van der Waals surface area contributed by atoms with Crippen LogP contribution in [0.2, 0.25) is 5.28 Å². The van der Waals surface area contributed by atoms with Crippen LogP contribution in [0.15, 0.2) is 11.2 Å². The third-order valence-electron chi connectivity index (χ3n) is 3.59. The Bertz CT molecular complexity index is 523. The van der Waals surface area contributed by atoms with E-state index in [1.807, 2.05) is 0 Å². The summed E-state index contributed by atoms with van der Waals surface area (Å²) in [7, 11) is -1.98. The van der Waals surface area contributed by atoms with Crippen molar-refractivity contribution in [3.8, 4) is 0 Å². The van der Waals surface area contributed by atoms with E-state index >= 15 is 0 Å². The predicted octanol–water partition coefficient (Wildman–Crippen LogP) is 0.869. The highest BCUT2D eigenvalue weighted by Gasteiger charge is 2.29. The van der Waals surface area contributed by atoms with E-state index < -0.39 is 10.0 Å². The number of hydrogen-bond donors (Lipinski definition) is 2. The van der Waals surface area contributed by atoms with Crippen LogP contribution in [-0.2, 0) is 17.1 Å². The van der Waals surface area contributed by atoms with E-state index in [0.29, 0.717) is 6.54 Å². The molecule has 1 fully saturated rings. The van der Waals surface area contributed by atoms with Gasteiger partial charge in [0.15, 0.2) is 5.03 Å². The van der Waals surface area contributed by atoms with Crippen molar-refractivity contribution in [3.63, 3.8) is 0 Å². The molecule has 6 nitrogen and oxygen atoms in total. The zero-order chi connectivity index (χ0) is 14.0. The molecule has 0 radical (unpaired) electrons. The summed E-state index contributed by atoms with van der Waals surface area (Å²) in [5.41, 5.74) is 5.70. The minimum Gasteiger partial charge on any atom is -0.330 e. The van der Waals surface area contributed by atoms with Gasteiger partial charge in [-0.1, -0.05) is 12.8 Å². The summed E-state index contributed by atoms with van der Waals surface area (Å²) in [5, 5.41) is 0.112. The Hall–Kier alpha value is -0.630. The standard InChI is InChI=1S/C11H19ClN4O2S/c1-16-7-10(14-11(16)12)19(17,18)15-9-5-3-2-4-8(9)6-13/h7-9,15H,2-6,13H2,1H3/t8-,9-/m1/s1. The lowest BCUT2D eigenvalue weighted by Gasteiger charge is -2.30. The number of sulfonamides is 1. The maximum Gasteiger partial charge on any atom is 0.259 e. The minimum absolute atomic E-state index is 0.0404. The molecule has 0 saturated heterocycles. The number of nitrogens with zero attached hydrogens (tertiary/aromatic N) is 2. The monoisotopic (exact) mass is 306 g/mol. The average molecular weight is 307 g/mol. The number of nitrogens with two attached hydrogens (primary N) is 1. The summed E-state index contributed by atoms with van der Waals surface area (Å²) in [4.78, 5) is 3.84. The van der Waals surface area contributed by atoms with E-state index in [4.69, 9.17) is 17.3 Å². The molecule has 1 aromatic heterocycles. The van der Waals surface area contributed by atoms with Gasteiger partial charge in [-0.3, -0.25) is 0 Å². The average Bonchev–Trinajstić information content (AvgIpc) is 2.71. The zero-order valence-electron chi connectivity index (χ0n) is 10.8. The number of halogens is 1. The van der Waals surface area contributed by atoms with Gasteiger partial charge in [0.1, 0.15) is 0 Å². The second kappa shape index (κ2) is 5.78. The van der Waals surface area contributed by atoms with E-state index in [9.17, 15) is 8.42 Å². The summed E-state index contributed by atoms with van der Waals surface area (Å²) in [6.07, 6.45) is 5.32. The Kier molecular flexibility index (Phi) is 4.50. The molecule has 0 aliphatic heterocycles. The fourth-order valence-electron chi connectivity index (χ4n) is 2.45. The van der Waals surface area contributed by atoms with Crippen LogP contribution in [0.3, 0.4) is 0 Å². The Morgan fingerprint density at radius 3 is 2.79 bits per heavy atom. The molecule has 0 bridgehead atoms. The Morgan fingerprint density at radius 1 is 1.53 bits per heavy atom.